The van der Waals surface area contributed by atoms with Crippen molar-refractivity contribution in [3.63, 3.8) is 0 Å². The summed E-state index contributed by atoms with van der Waals surface area (Å²) in [6.07, 6.45) is 2.79. The number of carbonyl (C=O) groups excluding carboxylic acids is 1. The molecule has 0 radical (unpaired) electrons. The maximum Gasteiger partial charge on any atom is 0.255 e. The minimum absolute atomic E-state index is 0.0696. The van der Waals surface area contributed by atoms with E-state index < -0.39 is 0 Å². The SMILES string of the molecule is Cc1cccc(N2CCN(C(=O)c3ccc(NCCC(C)C)nc3)CC2)c1. The highest BCUT2D eigenvalue weighted by Gasteiger charge is 2.22. The van der Waals surface area contributed by atoms with Crippen molar-refractivity contribution in [2.75, 3.05) is 42.9 Å². The maximum atomic E-state index is 12.8. The van der Waals surface area contributed by atoms with Gasteiger partial charge in [-0.2, -0.15) is 0 Å². The Morgan fingerprint density at radius 1 is 1.15 bits per heavy atom. The summed E-state index contributed by atoms with van der Waals surface area (Å²) >= 11 is 0. The standard InChI is InChI=1S/C22H30N4O/c1-17(2)9-10-23-21-8-7-19(16-24-21)22(27)26-13-11-25(12-14-26)20-6-4-5-18(3)15-20/h4-8,15-17H,9-14H2,1-3H3,(H,23,24). The summed E-state index contributed by atoms with van der Waals surface area (Å²) < 4.78 is 0. The average Bonchev–Trinajstić information content (AvgIpc) is 2.68. The average molecular weight is 367 g/mol. The van der Waals surface area contributed by atoms with Crippen molar-refractivity contribution in [1.29, 1.82) is 0 Å². The summed E-state index contributed by atoms with van der Waals surface area (Å²) in [4.78, 5) is 21.4. The molecule has 1 amide bonds. The lowest BCUT2D eigenvalue weighted by Gasteiger charge is -2.36. The number of pyridine rings is 1. The molecule has 5 nitrogen and oxygen atoms in total. The van der Waals surface area contributed by atoms with Gasteiger partial charge in [0.2, 0.25) is 0 Å². The number of nitrogens with one attached hydrogen (secondary N) is 1. The number of anilines is 2. The van der Waals surface area contributed by atoms with Crippen LogP contribution < -0.4 is 10.2 Å². The number of piperazine rings is 1. The third-order valence-corrected chi connectivity index (χ3v) is 4.97. The first-order valence-corrected chi connectivity index (χ1v) is 9.84. The van der Waals surface area contributed by atoms with E-state index in [0.717, 1.165) is 45.0 Å². The fourth-order valence-corrected chi connectivity index (χ4v) is 3.29. The van der Waals surface area contributed by atoms with Crippen molar-refractivity contribution >= 4 is 17.4 Å². The second-order valence-corrected chi connectivity index (χ2v) is 7.66. The third-order valence-electron chi connectivity index (χ3n) is 4.97. The van der Waals surface area contributed by atoms with Gasteiger partial charge in [-0.25, -0.2) is 4.98 Å². The minimum Gasteiger partial charge on any atom is -0.370 e. The second-order valence-electron chi connectivity index (χ2n) is 7.66. The van der Waals surface area contributed by atoms with Crippen LogP contribution >= 0.6 is 0 Å². The van der Waals surface area contributed by atoms with Crippen LogP contribution in [0.5, 0.6) is 0 Å². The molecule has 0 aliphatic carbocycles. The summed E-state index contributed by atoms with van der Waals surface area (Å²) in [5.74, 6) is 1.56. The minimum atomic E-state index is 0.0696. The Labute approximate surface area is 162 Å². The summed E-state index contributed by atoms with van der Waals surface area (Å²) in [6, 6.07) is 12.3. The molecule has 5 heteroatoms. The van der Waals surface area contributed by atoms with Crippen LogP contribution in [-0.2, 0) is 0 Å². The number of hydrogen-bond donors (Lipinski definition) is 1. The molecule has 1 saturated heterocycles. The van der Waals surface area contributed by atoms with E-state index in [1.807, 2.05) is 17.0 Å². The Hall–Kier alpha value is -2.56. The van der Waals surface area contributed by atoms with E-state index in [0.29, 0.717) is 11.5 Å². The van der Waals surface area contributed by atoms with Crippen LogP contribution in [0.15, 0.2) is 42.6 Å². The van der Waals surface area contributed by atoms with Gasteiger partial charge in [0.15, 0.2) is 0 Å². The molecule has 1 fully saturated rings. The Morgan fingerprint density at radius 2 is 1.93 bits per heavy atom. The Balaban J connectivity index is 1.53. The van der Waals surface area contributed by atoms with Crippen molar-refractivity contribution in [1.82, 2.24) is 9.88 Å². The van der Waals surface area contributed by atoms with Gasteiger partial charge in [-0.05, 0) is 49.1 Å². The van der Waals surface area contributed by atoms with Gasteiger partial charge in [0, 0.05) is 44.6 Å². The second kappa shape index (κ2) is 8.89. The highest BCUT2D eigenvalue weighted by molar-refractivity contribution is 5.94. The molecule has 2 aromatic rings. The highest BCUT2D eigenvalue weighted by Crippen LogP contribution is 2.19. The number of benzene rings is 1. The zero-order valence-corrected chi connectivity index (χ0v) is 16.6. The molecule has 1 aromatic carbocycles. The van der Waals surface area contributed by atoms with Gasteiger partial charge in [-0.1, -0.05) is 26.0 Å². The van der Waals surface area contributed by atoms with E-state index in [1.165, 1.54) is 11.3 Å². The first kappa shape index (κ1) is 19.2. The lowest BCUT2D eigenvalue weighted by molar-refractivity contribution is 0.0746. The zero-order chi connectivity index (χ0) is 19.2. The van der Waals surface area contributed by atoms with Crippen LogP contribution in [0.1, 0.15) is 36.2 Å². The summed E-state index contributed by atoms with van der Waals surface area (Å²) in [6.45, 7) is 10.6. The number of hydrogen-bond acceptors (Lipinski definition) is 4. The van der Waals surface area contributed by atoms with E-state index >= 15 is 0 Å². The summed E-state index contributed by atoms with van der Waals surface area (Å²) in [7, 11) is 0. The smallest absolute Gasteiger partial charge is 0.255 e. The van der Waals surface area contributed by atoms with Crippen molar-refractivity contribution < 1.29 is 4.79 Å². The van der Waals surface area contributed by atoms with Crippen LogP contribution in [0, 0.1) is 12.8 Å². The van der Waals surface area contributed by atoms with Crippen molar-refractivity contribution in [2.24, 2.45) is 5.92 Å². The Bertz CT molecular complexity index is 749. The molecular formula is C22H30N4O. The summed E-state index contributed by atoms with van der Waals surface area (Å²) in [5, 5.41) is 3.31. The molecule has 0 unspecified atom stereocenters. The molecule has 0 spiro atoms. The number of rotatable bonds is 6. The largest absolute Gasteiger partial charge is 0.370 e. The number of aromatic nitrogens is 1. The maximum absolute atomic E-state index is 12.8. The highest BCUT2D eigenvalue weighted by atomic mass is 16.2. The molecule has 27 heavy (non-hydrogen) atoms. The van der Waals surface area contributed by atoms with Crippen molar-refractivity contribution in [3.05, 3.63) is 53.7 Å². The predicted molar refractivity (Wildman–Crippen MR) is 111 cm³/mol. The molecule has 0 atom stereocenters. The predicted octanol–water partition coefficient (Wildman–Crippen LogP) is 3.81. The molecule has 1 aliphatic rings. The number of aryl methyl sites for hydroxylation is 1. The Kier molecular flexibility index (Phi) is 6.32. The van der Waals surface area contributed by atoms with E-state index in [2.05, 4.69) is 60.2 Å². The van der Waals surface area contributed by atoms with Crippen LogP contribution in [-0.4, -0.2) is 48.5 Å². The molecule has 2 heterocycles. The number of nitrogens with zero attached hydrogens (tertiary/aromatic N) is 3. The van der Waals surface area contributed by atoms with Gasteiger partial charge in [0.05, 0.1) is 5.56 Å². The first-order chi connectivity index (χ1) is 13.0. The lowest BCUT2D eigenvalue weighted by atomic mass is 10.1. The van der Waals surface area contributed by atoms with Gasteiger partial charge in [-0.15, -0.1) is 0 Å². The lowest BCUT2D eigenvalue weighted by Crippen LogP contribution is -2.48. The van der Waals surface area contributed by atoms with Crippen molar-refractivity contribution in [3.8, 4) is 0 Å². The monoisotopic (exact) mass is 366 g/mol. The topological polar surface area (TPSA) is 48.5 Å². The first-order valence-electron chi connectivity index (χ1n) is 9.84. The third kappa shape index (κ3) is 5.22. The quantitative estimate of drug-likeness (QED) is 0.845. The van der Waals surface area contributed by atoms with E-state index in [9.17, 15) is 4.79 Å². The van der Waals surface area contributed by atoms with Gasteiger partial charge >= 0.3 is 0 Å². The van der Waals surface area contributed by atoms with Gasteiger partial charge in [-0.3, -0.25) is 4.79 Å². The Morgan fingerprint density at radius 3 is 2.56 bits per heavy atom. The van der Waals surface area contributed by atoms with Gasteiger partial charge < -0.3 is 15.1 Å². The normalized spacial score (nSPS) is 14.5. The van der Waals surface area contributed by atoms with Gasteiger partial charge in [0.1, 0.15) is 5.82 Å². The number of carbonyl (C=O) groups is 1. The van der Waals surface area contributed by atoms with Crippen LogP contribution in [0.4, 0.5) is 11.5 Å². The van der Waals surface area contributed by atoms with Crippen LogP contribution in [0.25, 0.3) is 0 Å². The van der Waals surface area contributed by atoms with E-state index in [1.54, 1.807) is 6.20 Å². The zero-order valence-electron chi connectivity index (χ0n) is 16.6. The molecule has 1 N–H and O–H groups in total. The molecule has 0 saturated carbocycles. The molecule has 1 aliphatic heterocycles. The van der Waals surface area contributed by atoms with Crippen LogP contribution in [0.3, 0.4) is 0 Å². The van der Waals surface area contributed by atoms with Crippen molar-refractivity contribution in [2.45, 2.75) is 27.2 Å². The summed E-state index contributed by atoms with van der Waals surface area (Å²) in [5.41, 5.74) is 3.16. The number of amides is 1. The van der Waals surface area contributed by atoms with Gasteiger partial charge in [0.25, 0.3) is 5.91 Å². The molecule has 3 rings (SSSR count). The molecule has 144 valence electrons. The fourth-order valence-electron chi connectivity index (χ4n) is 3.29. The fraction of sp³-hybridized carbons (Fsp3) is 0.455. The van der Waals surface area contributed by atoms with Crippen LogP contribution in [0.2, 0.25) is 0 Å². The molecular weight excluding hydrogens is 336 g/mol. The molecule has 1 aromatic heterocycles. The van der Waals surface area contributed by atoms with E-state index in [-0.39, 0.29) is 5.91 Å². The molecule has 0 bridgehead atoms. The van der Waals surface area contributed by atoms with E-state index in [4.69, 9.17) is 0 Å².